The van der Waals surface area contributed by atoms with Gasteiger partial charge in [0.15, 0.2) is 0 Å². The molecule has 314 valence electrons. The number of fused-ring (bicyclic) bond motifs is 2. The van der Waals surface area contributed by atoms with Crippen molar-refractivity contribution in [1.29, 1.82) is 0 Å². The molecule has 0 bridgehead atoms. The third-order valence-corrected chi connectivity index (χ3v) is 11.7. The molecular formula is C46H48N8O7. The van der Waals surface area contributed by atoms with Crippen LogP contribution in [0.5, 0.6) is 0 Å². The zero-order chi connectivity index (χ0) is 42.8. The third kappa shape index (κ3) is 8.27. The Kier molecular flexibility index (Phi) is 11.5. The fourth-order valence-electron chi connectivity index (χ4n) is 8.52. The first kappa shape index (κ1) is 40.7. The summed E-state index contributed by atoms with van der Waals surface area (Å²) in [4.78, 5) is 84.9. The Bertz CT molecular complexity index is 2680. The van der Waals surface area contributed by atoms with Crippen LogP contribution in [-0.4, -0.2) is 87.1 Å². The van der Waals surface area contributed by atoms with Gasteiger partial charge in [-0.3, -0.25) is 14.4 Å². The summed E-state index contributed by atoms with van der Waals surface area (Å²) in [6.45, 7) is 4.79. The van der Waals surface area contributed by atoms with E-state index in [-0.39, 0.29) is 29.3 Å². The van der Waals surface area contributed by atoms with Crippen molar-refractivity contribution in [1.82, 2.24) is 40.4 Å². The molecule has 4 N–H and O–H groups in total. The first-order valence-corrected chi connectivity index (χ1v) is 20.5. The predicted octanol–water partition coefficient (Wildman–Crippen LogP) is 6.94. The van der Waals surface area contributed by atoms with Crippen molar-refractivity contribution in [2.75, 3.05) is 27.3 Å². The highest BCUT2D eigenvalue weighted by Crippen LogP contribution is 2.36. The van der Waals surface area contributed by atoms with E-state index in [0.29, 0.717) is 54.0 Å². The fraction of sp³-hybridized carbons (Fsp3) is 0.326. The van der Waals surface area contributed by atoms with Crippen LogP contribution in [0.4, 0.5) is 9.59 Å². The molecule has 15 heteroatoms. The number of aromatic amines is 2. The summed E-state index contributed by atoms with van der Waals surface area (Å²) >= 11 is 0. The van der Waals surface area contributed by atoms with Gasteiger partial charge in [-0.1, -0.05) is 74.5 Å². The van der Waals surface area contributed by atoms with Crippen molar-refractivity contribution in [3.8, 4) is 22.4 Å². The van der Waals surface area contributed by atoms with E-state index >= 15 is 0 Å². The number of likely N-dealkylation sites (tertiary alicyclic amines) is 2. The van der Waals surface area contributed by atoms with Crippen molar-refractivity contribution in [3.63, 3.8) is 0 Å². The molecule has 0 aliphatic carbocycles. The minimum Gasteiger partial charge on any atom is -0.453 e. The molecule has 2 aromatic heterocycles. The van der Waals surface area contributed by atoms with Gasteiger partial charge in [0, 0.05) is 18.7 Å². The van der Waals surface area contributed by atoms with Gasteiger partial charge < -0.3 is 39.9 Å². The van der Waals surface area contributed by atoms with E-state index in [4.69, 9.17) is 19.4 Å². The standard InChI is InChI=1S/C46H48N8O7/c1-26(2)38(50-45(58)60-3)43(56)53-20-8-12-36(53)40-47-25-35(49-40)32-17-16-28-22-29(14-15-30(28)23-32)31-18-19-33-34(24-31)48-41(52-42(33)55)37-13-9-21-54(37)44(57)39(51-46(59)61-4)27-10-6-5-7-11-27/h5-7,10-11,14-19,22-26,36-39H,8-9,12-13,20-21H2,1-4H3,(H,47,49)(H,50,58)(H,51,59)(H,48,52,55)/t36-,37-,38-,39+/m0/s1. The second-order valence-corrected chi connectivity index (χ2v) is 15.9. The highest BCUT2D eigenvalue weighted by molar-refractivity contribution is 5.92. The number of rotatable bonds is 10. The van der Waals surface area contributed by atoms with E-state index in [0.717, 1.165) is 46.0 Å². The summed E-state index contributed by atoms with van der Waals surface area (Å²) in [6, 6.07) is 24.5. The zero-order valence-corrected chi connectivity index (χ0v) is 34.4. The molecule has 4 heterocycles. The van der Waals surface area contributed by atoms with E-state index < -0.39 is 30.3 Å². The molecule has 2 saturated heterocycles. The maximum Gasteiger partial charge on any atom is 0.407 e. The molecule has 2 aliphatic rings. The first-order chi connectivity index (χ1) is 29.5. The fourth-order valence-corrected chi connectivity index (χ4v) is 8.52. The molecule has 4 amide bonds. The molecule has 0 saturated carbocycles. The molecule has 0 radical (unpaired) electrons. The average Bonchev–Trinajstić information content (AvgIpc) is 4.08. The number of methoxy groups -OCH3 is 2. The van der Waals surface area contributed by atoms with Crippen molar-refractivity contribution >= 4 is 45.7 Å². The van der Waals surface area contributed by atoms with Gasteiger partial charge in [-0.15, -0.1) is 0 Å². The van der Waals surface area contributed by atoms with E-state index in [9.17, 15) is 24.0 Å². The molecule has 0 unspecified atom stereocenters. The number of hydrogen-bond donors (Lipinski definition) is 4. The lowest BCUT2D eigenvalue weighted by molar-refractivity contribution is -0.135. The number of H-pyrrole nitrogens is 2. The maximum absolute atomic E-state index is 14.0. The molecule has 2 aliphatic heterocycles. The third-order valence-electron chi connectivity index (χ3n) is 11.7. The summed E-state index contributed by atoms with van der Waals surface area (Å²) < 4.78 is 9.59. The number of amides is 4. The summed E-state index contributed by atoms with van der Waals surface area (Å²) in [5.41, 5.74) is 4.42. The van der Waals surface area contributed by atoms with Crippen LogP contribution < -0.4 is 16.2 Å². The van der Waals surface area contributed by atoms with Gasteiger partial charge in [-0.2, -0.15) is 0 Å². The summed E-state index contributed by atoms with van der Waals surface area (Å²) in [5, 5.41) is 7.83. The highest BCUT2D eigenvalue weighted by atomic mass is 16.5. The van der Waals surface area contributed by atoms with Crippen molar-refractivity contribution in [3.05, 3.63) is 119 Å². The first-order valence-electron chi connectivity index (χ1n) is 20.5. The van der Waals surface area contributed by atoms with Crippen LogP contribution in [0.3, 0.4) is 0 Å². The minimum atomic E-state index is -0.976. The predicted molar refractivity (Wildman–Crippen MR) is 229 cm³/mol. The normalized spacial score (nSPS) is 17.4. The molecule has 4 atom stereocenters. The second-order valence-electron chi connectivity index (χ2n) is 15.9. The Hall–Kier alpha value is -7.03. The van der Waals surface area contributed by atoms with Crippen LogP contribution in [-0.2, 0) is 19.1 Å². The summed E-state index contributed by atoms with van der Waals surface area (Å²) in [7, 11) is 2.53. The number of ether oxygens (including phenoxy) is 2. The van der Waals surface area contributed by atoms with Gasteiger partial charge in [0.2, 0.25) is 5.91 Å². The Morgan fingerprint density at radius 3 is 2.02 bits per heavy atom. The van der Waals surface area contributed by atoms with Crippen LogP contribution in [0.2, 0.25) is 0 Å². The number of imidazole rings is 1. The van der Waals surface area contributed by atoms with Crippen LogP contribution in [0.25, 0.3) is 44.1 Å². The van der Waals surface area contributed by atoms with E-state index in [2.05, 4.69) is 44.9 Å². The van der Waals surface area contributed by atoms with Gasteiger partial charge in [0.1, 0.15) is 23.7 Å². The van der Waals surface area contributed by atoms with Crippen LogP contribution in [0.15, 0.2) is 95.9 Å². The van der Waals surface area contributed by atoms with E-state index in [1.54, 1.807) is 46.3 Å². The zero-order valence-electron chi connectivity index (χ0n) is 34.4. The smallest absolute Gasteiger partial charge is 0.407 e. The molecule has 0 spiro atoms. The van der Waals surface area contributed by atoms with Crippen molar-refractivity contribution in [2.45, 2.75) is 63.7 Å². The molecule has 6 aromatic rings. The summed E-state index contributed by atoms with van der Waals surface area (Å²) in [5.74, 6) is 0.483. The van der Waals surface area contributed by atoms with Crippen LogP contribution >= 0.6 is 0 Å². The lowest BCUT2D eigenvalue weighted by Gasteiger charge is -2.30. The van der Waals surface area contributed by atoms with E-state index in [1.807, 2.05) is 44.2 Å². The number of carbonyl (C=O) groups excluding carboxylic acids is 4. The maximum atomic E-state index is 14.0. The number of hydrogen-bond acceptors (Lipinski definition) is 9. The molecular weight excluding hydrogens is 777 g/mol. The summed E-state index contributed by atoms with van der Waals surface area (Å²) in [6.07, 6.45) is 3.31. The molecule has 2 fully saturated rings. The SMILES string of the molecule is COC(=O)N[C@H](C(=O)N1CCC[C@H]1c1ncc(-c2ccc3cc(-c4ccc5c(=O)[nH]c([C@@H]6CCCN6C(=O)[C@H](NC(=O)OC)c6ccccc6)nc5c4)ccc3c2)[nH]1)C(C)C. The van der Waals surface area contributed by atoms with Crippen LogP contribution in [0, 0.1) is 5.92 Å². The Morgan fingerprint density at radius 1 is 0.721 bits per heavy atom. The quantitative estimate of drug-likeness (QED) is 0.113. The number of alkyl carbamates (subject to hydrolysis) is 2. The van der Waals surface area contributed by atoms with Gasteiger partial charge in [0.05, 0.1) is 49.1 Å². The lowest BCUT2D eigenvalue weighted by Crippen LogP contribution is -2.51. The number of nitrogens with zero attached hydrogens (tertiary/aromatic N) is 4. The molecule has 15 nitrogen and oxygen atoms in total. The Morgan fingerprint density at radius 2 is 1.33 bits per heavy atom. The average molecular weight is 825 g/mol. The number of benzene rings is 4. The Labute approximate surface area is 351 Å². The topological polar surface area (TPSA) is 192 Å². The molecule has 4 aromatic carbocycles. The monoisotopic (exact) mass is 824 g/mol. The van der Waals surface area contributed by atoms with Crippen LogP contribution in [0.1, 0.15) is 74.9 Å². The van der Waals surface area contributed by atoms with Gasteiger partial charge in [-0.25, -0.2) is 19.6 Å². The van der Waals surface area contributed by atoms with Gasteiger partial charge in [0.25, 0.3) is 11.5 Å². The number of aromatic nitrogens is 4. The Balaban J connectivity index is 1.02. The number of nitrogens with one attached hydrogen (secondary N) is 4. The molecule has 8 rings (SSSR count). The van der Waals surface area contributed by atoms with Crippen molar-refractivity contribution in [2.24, 2.45) is 5.92 Å². The second kappa shape index (κ2) is 17.3. The molecule has 61 heavy (non-hydrogen) atoms. The lowest BCUT2D eigenvalue weighted by atomic mass is 9.98. The van der Waals surface area contributed by atoms with E-state index in [1.165, 1.54) is 14.2 Å². The minimum absolute atomic E-state index is 0.126. The number of carbonyl (C=O) groups is 4. The highest BCUT2D eigenvalue weighted by Gasteiger charge is 2.39. The van der Waals surface area contributed by atoms with Crippen molar-refractivity contribution < 1.29 is 28.7 Å². The van der Waals surface area contributed by atoms with Gasteiger partial charge >= 0.3 is 12.2 Å². The van der Waals surface area contributed by atoms with Gasteiger partial charge in [-0.05, 0) is 83.3 Å². The largest absolute Gasteiger partial charge is 0.453 e.